The topological polar surface area (TPSA) is 85.2 Å². The van der Waals surface area contributed by atoms with Gasteiger partial charge in [0.05, 0.1) is 20.8 Å². The molecule has 0 aliphatic carbocycles. The van der Waals surface area contributed by atoms with Crippen LogP contribution in [0.4, 0.5) is 0 Å². The number of ether oxygens (including phenoxy) is 3. The molecule has 2 N–H and O–H groups in total. The minimum Gasteiger partial charge on any atom is -0.493 e. The Balaban J connectivity index is 2.63. The minimum absolute atomic E-state index is 0.244. The number of aliphatic hydroxyl groups excluding tert-OH is 2. The van der Waals surface area contributed by atoms with Crippen LogP contribution in [0, 0.1) is 0 Å². The van der Waals surface area contributed by atoms with E-state index in [-0.39, 0.29) is 6.61 Å². The fourth-order valence-corrected chi connectivity index (χ4v) is 1.40. The van der Waals surface area contributed by atoms with Crippen molar-refractivity contribution < 1.29 is 29.2 Å². The summed E-state index contributed by atoms with van der Waals surface area (Å²) in [5.74, 6) is 0.546. The molecule has 110 valence electrons. The zero-order valence-electron chi connectivity index (χ0n) is 11.4. The second-order valence-electron chi connectivity index (χ2n) is 3.91. The molecule has 1 atom stereocenters. The summed E-state index contributed by atoms with van der Waals surface area (Å²) >= 11 is 0. The van der Waals surface area contributed by atoms with Crippen LogP contribution in [0.1, 0.15) is 5.56 Å². The van der Waals surface area contributed by atoms with Gasteiger partial charge in [-0.2, -0.15) is 0 Å². The Hall–Kier alpha value is -2.05. The van der Waals surface area contributed by atoms with E-state index >= 15 is 0 Å². The van der Waals surface area contributed by atoms with E-state index in [4.69, 9.17) is 24.4 Å². The maximum Gasteiger partial charge on any atom is 0.330 e. The summed E-state index contributed by atoms with van der Waals surface area (Å²) < 4.78 is 15.0. The number of benzene rings is 1. The fourth-order valence-electron chi connectivity index (χ4n) is 1.40. The molecule has 6 heteroatoms. The Morgan fingerprint density at radius 2 is 2.00 bits per heavy atom. The molecule has 1 aromatic rings. The molecule has 0 aliphatic heterocycles. The van der Waals surface area contributed by atoms with Gasteiger partial charge in [-0.15, -0.1) is 0 Å². The molecule has 0 spiro atoms. The van der Waals surface area contributed by atoms with Crippen LogP contribution in [-0.4, -0.2) is 49.7 Å². The molecule has 1 rings (SSSR count). The zero-order valence-corrected chi connectivity index (χ0v) is 11.4. The third-order valence-electron chi connectivity index (χ3n) is 2.45. The van der Waals surface area contributed by atoms with Gasteiger partial charge in [0.15, 0.2) is 11.5 Å². The van der Waals surface area contributed by atoms with Gasteiger partial charge in [0.25, 0.3) is 0 Å². The van der Waals surface area contributed by atoms with Crippen molar-refractivity contribution in [3.63, 3.8) is 0 Å². The van der Waals surface area contributed by atoms with Crippen LogP contribution in [0.2, 0.25) is 0 Å². The predicted octanol–water partition coefficient (Wildman–Crippen LogP) is 0.613. The summed E-state index contributed by atoms with van der Waals surface area (Å²) in [4.78, 5) is 11.4. The number of hydrogen-bond donors (Lipinski definition) is 2. The van der Waals surface area contributed by atoms with Crippen LogP contribution in [0.15, 0.2) is 24.3 Å². The van der Waals surface area contributed by atoms with Crippen molar-refractivity contribution in [1.29, 1.82) is 0 Å². The summed E-state index contributed by atoms with van der Waals surface area (Å²) in [6.45, 7) is -0.696. The highest BCUT2D eigenvalue weighted by molar-refractivity contribution is 5.87. The van der Waals surface area contributed by atoms with Crippen molar-refractivity contribution in [3.8, 4) is 11.5 Å². The molecule has 0 bridgehead atoms. The average Bonchev–Trinajstić information content (AvgIpc) is 2.49. The molecule has 1 unspecified atom stereocenters. The molecule has 0 saturated heterocycles. The molecule has 1 aromatic carbocycles. The molecule has 6 nitrogen and oxygen atoms in total. The standard InChI is InChI=1S/C14H18O6/c1-18-12-5-3-10(7-13(12)19-2)4-6-14(17)20-9-11(16)8-15/h3-7,11,15-16H,8-9H2,1-2H3. The van der Waals surface area contributed by atoms with Gasteiger partial charge in [0.2, 0.25) is 0 Å². The molecule has 0 fully saturated rings. The number of carbonyl (C=O) groups excluding carboxylic acids is 1. The fraction of sp³-hybridized carbons (Fsp3) is 0.357. The molecule has 0 saturated carbocycles. The van der Waals surface area contributed by atoms with Gasteiger partial charge in [-0.25, -0.2) is 4.79 Å². The SMILES string of the molecule is COc1ccc(C=CC(=O)OCC(O)CO)cc1OC. The number of hydrogen-bond acceptors (Lipinski definition) is 6. The summed E-state index contributed by atoms with van der Waals surface area (Å²) in [5.41, 5.74) is 0.738. The largest absolute Gasteiger partial charge is 0.493 e. The van der Waals surface area contributed by atoms with Crippen molar-refractivity contribution in [2.24, 2.45) is 0 Å². The Bertz CT molecular complexity index is 469. The van der Waals surface area contributed by atoms with Crippen molar-refractivity contribution in [1.82, 2.24) is 0 Å². The summed E-state index contributed by atoms with van der Waals surface area (Å²) in [6, 6.07) is 5.19. The molecule has 0 amide bonds. The second-order valence-corrected chi connectivity index (χ2v) is 3.91. The van der Waals surface area contributed by atoms with Gasteiger partial charge in [-0.3, -0.25) is 0 Å². The average molecular weight is 282 g/mol. The lowest BCUT2D eigenvalue weighted by Crippen LogP contribution is -2.21. The smallest absolute Gasteiger partial charge is 0.330 e. The van der Waals surface area contributed by atoms with Gasteiger partial charge in [-0.05, 0) is 23.8 Å². The van der Waals surface area contributed by atoms with E-state index in [1.807, 2.05) is 0 Å². The van der Waals surface area contributed by atoms with E-state index in [2.05, 4.69) is 0 Å². The molecule has 0 heterocycles. The van der Waals surface area contributed by atoms with Crippen molar-refractivity contribution in [2.75, 3.05) is 27.4 Å². The van der Waals surface area contributed by atoms with E-state index < -0.39 is 18.7 Å². The quantitative estimate of drug-likeness (QED) is 0.563. The first kappa shape index (κ1) is 16.0. The van der Waals surface area contributed by atoms with Crippen LogP contribution in [0.3, 0.4) is 0 Å². The van der Waals surface area contributed by atoms with Crippen LogP contribution in [0.5, 0.6) is 11.5 Å². The molecular formula is C14H18O6. The number of aliphatic hydroxyl groups is 2. The lowest BCUT2D eigenvalue weighted by Gasteiger charge is -2.08. The summed E-state index contributed by atoms with van der Waals surface area (Å²) in [5, 5.41) is 17.6. The van der Waals surface area contributed by atoms with Gasteiger partial charge < -0.3 is 24.4 Å². The number of methoxy groups -OCH3 is 2. The van der Waals surface area contributed by atoms with Crippen LogP contribution >= 0.6 is 0 Å². The van der Waals surface area contributed by atoms with Crippen molar-refractivity contribution in [3.05, 3.63) is 29.8 Å². The molecular weight excluding hydrogens is 264 g/mol. The zero-order chi connectivity index (χ0) is 15.0. The second kappa shape index (κ2) is 8.19. The molecule has 20 heavy (non-hydrogen) atoms. The number of rotatable bonds is 7. The van der Waals surface area contributed by atoms with Crippen LogP contribution in [-0.2, 0) is 9.53 Å². The summed E-state index contributed by atoms with van der Waals surface area (Å²) in [7, 11) is 3.06. The number of carbonyl (C=O) groups is 1. The molecule has 0 radical (unpaired) electrons. The highest BCUT2D eigenvalue weighted by Crippen LogP contribution is 2.27. The van der Waals surface area contributed by atoms with Crippen LogP contribution in [0.25, 0.3) is 6.08 Å². The van der Waals surface area contributed by atoms with E-state index in [1.54, 1.807) is 24.3 Å². The van der Waals surface area contributed by atoms with Gasteiger partial charge in [0.1, 0.15) is 12.7 Å². The highest BCUT2D eigenvalue weighted by Gasteiger charge is 2.06. The third kappa shape index (κ3) is 4.91. The minimum atomic E-state index is -1.06. The first-order valence-electron chi connectivity index (χ1n) is 5.96. The Labute approximate surface area is 117 Å². The first-order valence-corrected chi connectivity index (χ1v) is 5.96. The molecule has 0 aliphatic rings. The van der Waals surface area contributed by atoms with Gasteiger partial charge in [-0.1, -0.05) is 6.07 Å². The maximum absolute atomic E-state index is 11.4. The van der Waals surface area contributed by atoms with Crippen molar-refractivity contribution >= 4 is 12.0 Å². The summed E-state index contributed by atoms with van der Waals surface area (Å²) in [6.07, 6.45) is 1.72. The monoisotopic (exact) mass is 282 g/mol. The van der Waals surface area contributed by atoms with E-state index in [1.165, 1.54) is 20.3 Å². The van der Waals surface area contributed by atoms with Crippen molar-refractivity contribution in [2.45, 2.75) is 6.10 Å². The lowest BCUT2D eigenvalue weighted by molar-refractivity contribution is -0.141. The van der Waals surface area contributed by atoms with E-state index in [0.29, 0.717) is 11.5 Å². The highest BCUT2D eigenvalue weighted by atomic mass is 16.5. The normalized spacial score (nSPS) is 12.2. The maximum atomic E-state index is 11.4. The number of esters is 1. The third-order valence-corrected chi connectivity index (χ3v) is 2.45. The van der Waals surface area contributed by atoms with Gasteiger partial charge >= 0.3 is 5.97 Å². The Kier molecular flexibility index (Phi) is 6.55. The van der Waals surface area contributed by atoms with Crippen LogP contribution < -0.4 is 9.47 Å². The first-order chi connectivity index (χ1) is 9.60. The van der Waals surface area contributed by atoms with E-state index in [9.17, 15) is 4.79 Å². The predicted molar refractivity (Wildman–Crippen MR) is 72.6 cm³/mol. The lowest BCUT2D eigenvalue weighted by atomic mass is 10.2. The van der Waals surface area contributed by atoms with E-state index in [0.717, 1.165) is 5.56 Å². The Morgan fingerprint density at radius 3 is 2.60 bits per heavy atom. The van der Waals surface area contributed by atoms with Gasteiger partial charge in [0, 0.05) is 6.08 Å². The molecule has 0 aromatic heterocycles. The Morgan fingerprint density at radius 1 is 1.30 bits per heavy atom.